The van der Waals surface area contributed by atoms with Gasteiger partial charge in [0.25, 0.3) is 0 Å². The maximum atomic E-state index is 13.2. The number of hydrogen-bond donors (Lipinski definition) is 1. The molecule has 0 bridgehead atoms. The lowest BCUT2D eigenvalue weighted by atomic mass is 10.2. The van der Waals surface area contributed by atoms with Crippen LogP contribution in [0.3, 0.4) is 0 Å². The molecule has 0 aromatic heterocycles. The molecule has 1 fully saturated rings. The molecule has 0 radical (unpaired) electrons. The Morgan fingerprint density at radius 1 is 1.35 bits per heavy atom. The number of nitrogens with zero attached hydrogens (tertiary/aromatic N) is 2. The van der Waals surface area contributed by atoms with E-state index in [9.17, 15) is 14.0 Å². The van der Waals surface area contributed by atoms with Crippen LogP contribution in [0.25, 0.3) is 0 Å². The first-order chi connectivity index (χ1) is 9.63. The molecule has 1 heterocycles. The van der Waals surface area contributed by atoms with E-state index in [-0.39, 0.29) is 0 Å². The largest absolute Gasteiger partial charge is 0.332 e. The second kappa shape index (κ2) is 6.47. The van der Waals surface area contributed by atoms with Crippen molar-refractivity contribution in [2.24, 2.45) is 0 Å². The minimum absolute atomic E-state index is 0.320. The summed E-state index contributed by atoms with van der Waals surface area (Å²) in [5, 5.41) is 3.12. The van der Waals surface area contributed by atoms with Crippen LogP contribution in [0.1, 0.15) is 6.92 Å². The van der Waals surface area contributed by atoms with Crippen LogP contribution >= 0.6 is 0 Å². The summed E-state index contributed by atoms with van der Waals surface area (Å²) in [5.41, 5.74) is 0.404. The highest BCUT2D eigenvalue weighted by molar-refractivity contribution is 6.40. The Bertz CT molecular complexity index is 501. The second-order valence-electron chi connectivity index (χ2n) is 4.57. The minimum Gasteiger partial charge on any atom is -0.332 e. The highest BCUT2D eigenvalue weighted by atomic mass is 19.1. The van der Waals surface area contributed by atoms with Gasteiger partial charge in [0.05, 0.1) is 0 Å². The number of rotatable bonds is 2. The lowest BCUT2D eigenvalue weighted by Crippen LogP contribution is -2.52. The molecule has 1 saturated heterocycles. The van der Waals surface area contributed by atoms with Crippen molar-refractivity contribution in [3.63, 3.8) is 0 Å². The molecule has 108 valence electrons. The number of carbonyl (C=O) groups is 2. The zero-order valence-corrected chi connectivity index (χ0v) is 11.4. The van der Waals surface area contributed by atoms with Crippen LogP contribution in [0.15, 0.2) is 24.3 Å². The number of hydrogen-bond acceptors (Lipinski definition) is 3. The molecular formula is C14H18FN3O2. The van der Waals surface area contributed by atoms with Gasteiger partial charge in [0.15, 0.2) is 0 Å². The maximum Gasteiger partial charge on any atom is 0.316 e. The first-order valence-electron chi connectivity index (χ1n) is 6.70. The van der Waals surface area contributed by atoms with E-state index >= 15 is 0 Å². The number of halogens is 1. The summed E-state index contributed by atoms with van der Waals surface area (Å²) >= 11 is 0. The third-order valence-corrected chi connectivity index (χ3v) is 3.27. The molecule has 1 aromatic rings. The van der Waals surface area contributed by atoms with Crippen LogP contribution < -0.4 is 10.2 Å². The van der Waals surface area contributed by atoms with Gasteiger partial charge in [-0.15, -0.1) is 0 Å². The molecule has 0 saturated carbocycles. The number of likely N-dealkylation sites (N-methyl/N-ethyl adjacent to an activating group) is 1. The molecule has 1 aromatic carbocycles. The van der Waals surface area contributed by atoms with Crippen molar-refractivity contribution >= 4 is 17.5 Å². The Morgan fingerprint density at radius 3 is 2.65 bits per heavy atom. The fourth-order valence-corrected chi connectivity index (χ4v) is 2.21. The normalized spacial score (nSPS) is 15.0. The zero-order chi connectivity index (χ0) is 14.5. The van der Waals surface area contributed by atoms with E-state index in [2.05, 4.69) is 5.32 Å². The summed E-state index contributed by atoms with van der Waals surface area (Å²) < 4.78 is 13.2. The van der Waals surface area contributed by atoms with Gasteiger partial charge in [-0.25, -0.2) is 4.39 Å². The van der Waals surface area contributed by atoms with E-state index in [1.165, 1.54) is 28.0 Å². The Kier molecular flexibility index (Phi) is 4.68. The highest BCUT2D eigenvalue weighted by Gasteiger charge is 2.28. The molecule has 2 rings (SSSR count). The number of piperazine rings is 1. The van der Waals surface area contributed by atoms with E-state index in [4.69, 9.17) is 0 Å². The van der Waals surface area contributed by atoms with Gasteiger partial charge in [-0.3, -0.25) is 9.59 Å². The number of anilines is 1. The van der Waals surface area contributed by atoms with Crippen LogP contribution in [0.4, 0.5) is 10.1 Å². The number of nitrogens with one attached hydrogen (secondary N) is 1. The average Bonchev–Trinajstić information content (AvgIpc) is 2.48. The first kappa shape index (κ1) is 14.5. The van der Waals surface area contributed by atoms with Crippen LogP contribution in [-0.4, -0.2) is 49.4 Å². The lowest BCUT2D eigenvalue weighted by molar-refractivity contribution is -0.144. The molecular weight excluding hydrogens is 261 g/mol. The summed E-state index contributed by atoms with van der Waals surface area (Å²) in [7, 11) is 0. The van der Waals surface area contributed by atoms with Crippen LogP contribution in [-0.2, 0) is 9.59 Å². The quantitative estimate of drug-likeness (QED) is 0.807. The molecule has 1 N–H and O–H groups in total. The summed E-state index contributed by atoms with van der Waals surface area (Å²) in [6.45, 7) is 4.49. The lowest BCUT2D eigenvalue weighted by Gasteiger charge is -2.29. The van der Waals surface area contributed by atoms with E-state index in [1.807, 2.05) is 0 Å². The maximum absolute atomic E-state index is 13.2. The monoisotopic (exact) mass is 279 g/mol. The van der Waals surface area contributed by atoms with E-state index in [1.54, 1.807) is 13.0 Å². The van der Waals surface area contributed by atoms with Crippen molar-refractivity contribution in [1.29, 1.82) is 0 Å². The van der Waals surface area contributed by atoms with Crippen LogP contribution in [0.5, 0.6) is 0 Å². The van der Waals surface area contributed by atoms with E-state index in [0.717, 1.165) is 0 Å². The van der Waals surface area contributed by atoms with Crippen LogP contribution in [0, 0.1) is 5.82 Å². The molecule has 1 aliphatic heterocycles. The van der Waals surface area contributed by atoms with Gasteiger partial charge in [-0.2, -0.15) is 0 Å². The third-order valence-electron chi connectivity index (χ3n) is 3.27. The fraction of sp³-hybridized carbons (Fsp3) is 0.429. The summed E-state index contributed by atoms with van der Waals surface area (Å²) in [6, 6.07) is 5.71. The standard InChI is InChI=1S/C14H18FN3O2/c1-2-18(12-5-3-4-11(15)10-12)14(20)13(19)17-8-6-16-7-9-17/h3-5,10,16H,2,6-9H2,1H3. The Balaban J connectivity index is 2.14. The number of carbonyl (C=O) groups excluding carboxylic acids is 2. The highest BCUT2D eigenvalue weighted by Crippen LogP contribution is 2.16. The molecule has 1 aliphatic rings. The molecule has 6 heteroatoms. The molecule has 0 unspecified atom stereocenters. The van der Waals surface area contributed by atoms with Gasteiger partial charge >= 0.3 is 11.8 Å². The Morgan fingerprint density at radius 2 is 2.05 bits per heavy atom. The van der Waals surface area contributed by atoms with E-state index < -0.39 is 17.6 Å². The first-order valence-corrected chi connectivity index (χ1v) is 6.70. The van der Waals surface area contributed by atoms with Crippen molar-refractivity contribution in [1.82, 2.24) is 10.2 Å². The van der Waals surface area contributed by atoms with Crippen molar-refractivity contribution in [2.75, 3.05) is 37.6 Å². The van der Waals surface area contributed by atoms with E-state index in [0.29, 0.717) is 38.4 Å². The number of amides is 2. The summed E-state index contributed by atoms with van der Waals surface area (Å²) in [5.74, 6) is -1.57. The molecule has 2 amide bonds. The molecule has 0 spiro atoms. The third kappa shape index (κ3) is 3.14. The van der Waals surface area contributed by atoms with Crippen molar-refractivity contribution in [2.45, 2.75) is 6.92 Å². The topological polar surface area (TPSA) is 52.7 Å². The van der Waals surface area contributed by atoms with Gasteiger partial charge in [0.2, 0.25) is 0 Å². The van der Waals surface area contributed by atoms with Crippen molar-refractivity contribution in [3.05, 3.63) is 30.1 Å². The van der Waals surface area contributed by atoms with Crippen molar-refractivity contribution < 1.29 is 14.0 Å². The fourth-order valence-electron chi connectivity index (χ4n) is 2.21. The second-order valence-corrected chi connectivity index (χ2v) is 4.57. The minimum atomic E-state index is -0.611. The molecule has 0 atom stereocenters. The predicted molar refractivity (Wildman–Crippen MR) is 73.9 cm³/mol. The average molecular weight is 279 g/mol. The smallest absolute Gasteiger partial charge is 0.316 e. The SMILES string of the molecule is CCN(C(=O)C(=O)N1CCNCC1)c1cccc(F)c1. The molecule has 0 aliphatic carbocycles. The number of benzene rings is 1. The van der Waals surface area contributed by atoms with Gasteiger partial charge in [-0.05, 0) is 25.1 Å². The Labute approximate surface area is 117 Å². The van der Waals surface area contributed by atoms with Gasteiger partial charge < -0.3 is 15.1 Å². The van der Waals surface area contributed by atoms with Gasteiger partial charge in [0.1, 0.15) is 5.82 Å². The zero-order valence-electron chi connectivity index (χ0n) is 11.4. The molecule has 5 nitrogen and oxygen atoms in total. The van der Waals surface area contributed by atoms with Crippen molar-refractivity contribution in [3.8, 4) is 0 Å². The van der Waals surface area contributed by atoms with Gasteiger partial charge in [-0.1, -0.05) is 6.07 Å². The summed E-state index contributed by atoms with van der Waals surface area (Å²) in [6.07, 6.45) is 0. The predicted octanol–water partition coefficient (Wildman–Crippen LogP) is 0.610. The Hall–Kier alpha value is -1.95. The van der Waals surface area contributed by atoms with Crippen LogP contribution in [0.2, 0.25) is 0 Å². The van der Waals surface area contributed by atoms with Gasteiger partial charge in [0, 0.05) is 38.4 Å². The molecule has 20 heavy (non-hydrogen) atoms. The summed E-state index contributed by atoms with van der Waals surface area (Å²) in [4.78, 5) is 27.3.